The van der Waals surface area contributed by atoms with E-state index >= 15 is 0 Å². The van der Waals surface area contributed by atoms with Crippen LogP contribution in [0.4, 0.5) is 11.8 Å². The van der Waals surface area contributed by atoms with E-state index < -0.39 is 0 Å². The van der Waals surface area contributed by atoms with Crippen molar-refractivity contribution in [1.29, 1.82) is 0 Å². The molecule has 0 spiro atoms. The summed E-state index contributed by atoms with van der Waals surface area (Å²) in [4.78, 5) is 25.7. The molecule has 24 heavy (non-hydrogen) atoms. The summed E-state index contributed by atoms with van der Waals surface area (Å²) in [6.07, 6.45) is 0. The molecule has 2 aromatic rings. The molecule has 1 aromatic heterocycles. The zero-order chi connectivity index (χ0) is 16.9. The molecule has 0 bridgehead atoms. The quantitative estimate of drug-likeness (QED) is 0.933. The van der Waals surface area contributed by atoms with Gasteiger partial charge < -0.3 is 15.1 Å². The number of nitrogens with zero attached hydrogens (tertiary/aromatic N) is 4. The molecule has 6 nitrogen and oxygen atoms in total. The Morgan fingerprint density at radius 3 is 2.50 bits per heavy atom. The van der Waals surface area contributed by atoms with E-state index in [1.165, 1.54) is 0 Å². The molecule has 6 heteroatoms. The Hall–Kier alpha value is -2.63. The average molecular weight is 325 g/mol. The van der Waals surface area contributed by atoms with Gasteiger partial charge in [-0.25, -0.2) is 4.98 Å². The first-order chi connectivity index (χ1) is 11.7. The van der Waals surface area contributed by atoms with Gasteiger partial charge in [-0.15, -0.1) is 0 Å². The highest BCUT2D eigenvalue weighted by atomic mass is 16.2. The van der Waals surface area contributed by atoms with Crippen LogP contribution in [0.5, 0.6) is 0 Å². The van der Waals surface area contributed by atoms with Crippen molar-refractivity contribution in [2.75, 3.05) is 42.9 Å². The Morgan fingerprint density at radius 2 is 1.83 bits per heavy atom. The predicted octanol–water partition coefficient (Wildman–Crippen LogP) is 2.18. The number of carbonyl (C=O) groups is 1. The number of anilines is 2. The topological polar surface area (TPSA) is 61.4 Å². The smallest absolute Gasteiger partial charge is 0.253 e. The van der Waals surface area contributed by atoms with E-state index in [0.717, 1.165) is 42.7 Å². The molecule has 2 heterocycles. The third-order valence-corrected chi connectivity index (χ3v) is 4.07. The van der Waals surface area contributed by atoms with Gasteiger partial charge in [-0.05, 0) is 26.0 Å². The summed E-state index contributed by atoms with van der Waals surface area (Å²) < 4.78 is 0. The van der Waals surface area contributed by atoms with Crippen molar-refractivity contribution in [2.45, 2.75) is 13.8 Å². The van der Waals surface area contributed by atoms with Crippen LogP contribution in [-0.2, 0) is 0 Å². The van der Waals surface area contributed by atoms with E-state index in [4.69, 9.17) is 0 Å². The zero-order valence-corrected chi connectivity index (χ0v) is 14.2. The van der Waals surface area contributed by atoms with Gasteiger partial charge in [0.25, 0.3) is 5.91 Å². The number of piperazine rings is 1. The molecule has 0 radical (unpaired) electrons. The third kappa shape index (κ3) is 3.64. The van der Waals surface area contributed by atoms with E-state index in [1.54, 1.807) is 0 Å². The van der Waals surface area contributed by atoms with E-state index in [0.29, 0.717) is 13.1 Å². The van der Waals surface area contributed by atoms with Crippen molar-refractivity contribution >= 4 is 17.7 Å². The van der Waals surface area contributed by atoms with Gasteiger partial charge in [-0.3, -0.25) is 4.79 Å². The zero-order valence-electron chi connectivity index (χ0n) is 14.2. The molecular formula is C18H23N5O. The van der Waals surface area contributed by atoms with E-state index in [1.807, 2.05) is 55.1 Å². The monoisotopic (exact) mass is 325 g/mol. The lowest BCUT2D eigenvalue weighted by Crippen LogP contribution is -2.49. The number of rotatable bonds is 4. The summed E-state index contributed by atoms with van der Waals surface area (Å²) in [5.41, 5.74) is 1.69. The standard InChI is InChI=1S/C18H23N5O/c1-3-19-16-13-14(2)20-18(21-16)23-11-9-22(10-12-23)17(24)15-7-5-4-6-8-15/h4-8,13H,3,9-12H2,1-2H3,(H,19,20,21). The lowest BCUT2D eigenvalue weighted by molar-refractivity contribution is 0.0746. The minimum Gasteiger partial charge on any atom is -0.370 e. The molecule has 0 atom stereocenters. The number of carbonyl (C=O) groups excluding carboxylic acids is 1. The van der Waals surface area contributed by atoms with Crippen molar-refractivity contribution in [3.8, 4) is 0 Å². The molecule has 1 aromatic carbocycles. The van der Waals surface area contributed by atoms with Crippen LogP contribution in [0.15, 0.2) is 36.4 Å². The largest absolute Gasteiger partial charge is 0.370 e. The number of benzene rings is 1. The van der Waals surface area contributed by atoms with Crippen LogP contribution in [0.2, 0.25) is 0 Å². The summed E-state index contributed by atoms with van der Waals surface area (Å²) in [6.45, 7) is 7.70. The van der Waals surface area contributed by atoms with Gasteiger partial charge in [-0.1, -0.05) is 18.2 Å². The molecule has 1 saturated heterocycles. The first kappa shape index (κ1) is 16.2. The number of amides is 1. The molecular weight excluding hydrogens is 302 g/mol. The van der Waals surface area contributed by atoms with Gasteiger partial charge in [0.2, 0.25) is 5.95 Å². The summed E-state index contributed by atoms with van der Waals surface area (Å²) in [6, 6.07) is 11.4. The van der Waals surface area contributed by atoms with Crippen LogP contribution in [-0.4, -0.2) is 53.5 Å². The number of hydrogen-bond donors (Lipinski definition) is 1. The Kier molecular flexibility index (Phi) is 4.93. The normalized spacial score (nSPS) is 14.6. The molecule has 1 aliphatic heterocycles. The molecule has 1 N–H and O–H groups in total. The van der Waals surface area contributed by atoms with Gasteiger partial charge in [0.05, 0.1) is 0 Å². The van der Waals surface area contributed by atoms with Crippen LogP contribution < -0.4 is 10.2 Å². The lowest BCUT2D eigenvalue weighted by atomic mass is 10.2. The SMILES string of the molecule is CCNc1cc(C)nc(N2CCN(C(=O)c3ccccc3)CC2)n1. The molecule has 3 rings (SSSR count). The van der Waals surface area contributed by atoms with Crippen LogP contribution in [0, 0.1) is 6.92 Å². The first-order valence-corrected chi connectivity index (χ1v) is 8.36. The van der Waals surface area contributed by atoms with Crippen LogP contribution in [0.25, 0.3) is 0 Å². The highest BCUT2D eigenvalue weighted by molar-refractivity contribution is 5.94. The van der Waals surface area contributed by atoms with Gasteiger partial charge in [0.1, 0.15) is 5.82 Å². The molecule has 0 saturated carbocycles. The fourth-order valence-corrected chi connectivity index (χ4v) is 2.84. The van der Waals surface area contributed by atoms with Crippen molar-refractivity contribution in [3.05, 3.63) is 47.7 Å². The number of hydrogen-bond acceptors (Lipinski definition) is 5. The molecule has 126 valence electrons. The second kappa shape index (κ2) is 7.29. The maximum atomic E-state index is 12.5. The van der Waals surface area contributed by atoms with Crippen LogP contribution in [0.1, 0.15) is 23.0 Å². The first-order valence-electron chi connectivity index (χ1n) is 8.36. The van der Waals surface area contributed by atoms with E-state index in [9.17, 15) is 4.79 Å². The Labute approximate surface area is 142 Å². The van der Waals surface area contributed by atoms with Crippen molar-refractivity contribution in [2.24, 2.45) is 0 Å². The summed E-state index contributed by atoms with van der Waals surface area (Å²) in [5.74, 6) is 1.68. The molecule has 0 aliphatic carbocycles. The van der Waals surface area contributed by atoms with Crippen molar-refractivity contribution in [1.82, 2.24) is 14.9 Å². The summed E-state index contributed by atoms with van der Waals surface area (Å²) >= 11 is 0. The minimum atomic E-state index is 0.0914. The van der Waals surface area contributed by atoms with Gasteiger partial charge in [0, 0.05) is 50.0 Å². The lowest BCUT2D eigenvalue weighted by Gasteiger charge is -2.35. The fourth-order valence-electron chi connectivity index (χ4n) is 2.84. The number of aryl methyl sites for hydroxylation is 1. The number of nitrogens with one attached hydrogen (secondary N) is 1. The summed E-state index contributed by atoms with van der Waals surface area (Å²) in [5, 5.41) is 3.23. The highest BCUT2D eigenvalue weighted by Crippen LogP contribution is 2.16. The Morgan fingerprint density at radius 1 is 1.12 bits per heavy atom. The molecule has 1 amide bonds. The van der Waals surface area contributed by atoms with Gasteiger partial charge in [0.15, 0.2) is 0 Å². The van der Waals surface area contributed by atoms with Gasteiger partial charge >= 0.3 is 0 Å². The second-order valence-electron chi connectivity index (χ2n) is 5.87. The molecule has 1 fully saturated rings. The average Bonchev–Trinajstić information content (AvgIpc) is 2.62. The van der Waals surface area contributed by atoms with Gasteiger partial charge in [-0.2, -0.15) is 4.98 Å². The Balaban J connectivity index is 1.66. The highest BCUT2D eigenvalue weighted by Gasteiger charge is 2.23. The third-order valence-electron chi connectivity index (χ3n) is 4.07. The number of aromatic nitrogens is 2. The fraction of sp³-hybridized carbons (Fsp3) is 0.389. The maximum absolute atomic E-state index is 12.5. The molecule has 1 aliphatic rings. The van der Waals surface area contributed by atoms with E-state index in [2.05, 4.69) is 20.2 Å². The van der Waals surface area contributed by atoms with Crippen LogP contribution >= 0.6 is 0 Å². The molecule has 0 unspecified atom stereocenters. The minimum absolute atomic E-state index is 0.0914. The second-order valence-corrected chi connectivity index (χ2v) is 5.87. The van der Waals surface area contributed by atoms with Crippen molar-refractivity contribution < 1.29 is 4.79 Å². The van der Waals surface area contributed by atoms with Crippen LogP contribution in [0.3, 0.4) is 0 Å². The predicted molar refractivity (Wildman–Crippen MR) is 95.5 cm³/mol. The maximum Gasteiger partial charge on any atom is 0.253 e. The summed E-state index contributed by atoms with van der Waals surface area (Å²) in [7, 11) is 0. The Bertz CT molecular complexity index is 696. The van der Waals surface area contributed by atoms with E-state index in [-0.39, 0.29) is 5.91 Å². The van der Waals surface area contributed by atoms with Crippen molar-refractivity contribution in [3.63, 3.8) is 0 Å².